The van der Waals surface area contributed by atoms with E-state index in [2.05, 4.69) is 6.92 Å². The summed E-state index contributed by atoms with van der Waals surface area (Å²) in [5, 5.41) is 3.28. The van der Waals surface area contributed by atoms with Crippen molar-refractivity contribution < 1.29 is 4.74 Å². The van der Waals surface area contributed by atoms with E-state index >= 15 is 0 Å². The molecule has 0 saturated carbocycles. The minimum atomic E-state index is 0.668. The van der Waals surface area contributed by atoms with Gasteiger partial charge in [-0.25, -0.2) is 9.98 Å². The summed E-state index contributed by atoms with van der Waals surface area (Å²) >= 11 is 7.84. The van der Waals surface area contributed by atoms with Crippen LogP contribution in [-0.4, -0.2) is 23.1 Å². The monoisotopic (exact) mass is 358 g/mol. The number of halogens is 1. The standard InChI is InChI=1S/C19H19ClN2OS/c1-3-4-11-24-19(23-2)22-18-14-7-5-6-8-16(14)21-17-10-9-13(20)12-15(17)18/h5-10,12H,3-4,11H2,1-2H3. The Bertz CT molecular complexity index is 895. The quantitative estimate of drug-likeness (QED) is 0.241. The number of para-hydroxylation sites is 1. The molecule has 0 aliphatic heterocycles. The molecule has 1 heterocycles. The van der Waals surface area contributed by atoms with Gasteiger partial charge in [0, 0.05) is 21.5 Å². The Balaban J connectivity index is 2.19. The third kappa shape index (κ3) is 3.65. The molecule has 24 heavy (non-hydrogen) atoms. The van der Waals surface area contributed by atoms with E-state index < -0.39 is 0 Å². The number of rotatable bonds is 4. The lowest BCUT2D eigenvalue weighted by atomic mass is 10.1. The van der Waals surface area contributed by atoms with Crippen LogP contribution >= 0.6 is 23.4 Å². The molecule has 2 aromatic carbocycles. The predicted molar refractivity (Wildman–Crippen MR) is 106 cm³/mol. The van der Waals surface area contributed by atoms with Crippen molar-refractivity contribution in [1.82, 2.24) is 4.98 Å². The highest BCUT2D eigenvalue weighted by atomic mass is 35.5. The molecule has 0 bridgehead atoms. The van der Waals surface area contributed by atoms with Gasteiger partial charge in [-0.3, -0.25) is 0 Å². The van der Waals surface area contributed by atoms with Gasteiger partial charge >= 0.3 is 0 Å². The molecule has 1 aromatic heterocycles. The lowest BCUT2D eigenvalue weighted by Gasteiger charge is -2.09. The SMILES string of the molecule is CCCCSC(=Nc1c2ccccc2nc2ccc(Cl)cc12)OC. The minimum Gasteiger partial charge on any atom is -0.476 e. The Morgan fingerprint density at radius 3 is 2.75 bits per heavy atom. The van der Waals surface area contributed by atoms with Crippen LogP contribution in [0.25, 0.3) is 21.8 Å². The maximum atomic E-state index is 6.20. The van der Waals surface area contributed by atoms with E-state index in [0.29, 0.717) is 10.3 Å². The zero-order chi connectivity index (χ0) is 16.9. The average molecular weight is 359 g/mol. The summed E-state index contributed by atoms with van der Waals surface area (Å²) in [5.74, 6) is 0.991. The topological polar surface area (TPSA) is 34.5 Å². The molecule has 0 N–H and O–H groups in total. The fraction of sp³-hybridized carbons (Fsp3) is 0.263. The van der Waals surface area contributed by atoms with Gasteiger partial charge in [0.1, 0.15) is 0 Å². The number of pyridine rings is 1. The summed E-state index contributed by atoms with van der Waals surface area (Å²) in [6.07, 6.45) is 2.29. The summed E-state index contributed by atoms with van der Waals surface area (Å²) < 4.78 is 5.49. The third-order valence-corrected chi connectivity index (χ3v) is 4.95. The average Bonchev–Trinajstić information content (AvgIpc) is 2.60. The molecule has 0 fully saturated rings. The Labute approximate surface area is 151 Å². The van der Waals surface area contributed by atoms with Gasteiger partial charge in [-0.05, 0) is 30.7 Å². The molecule has 124 valence electrons. The molecular weight excluding hydrogens is 340 g/mol. The molecule has 0 amide bonds. The molecular formula is C19H19ClN2OS. The summed E-state index contributed by atoms with van der Waals surface area (Å²) in [6.45, 7) is 2.18. The van der Waals surface area contributed by atoms with Crippen LogP contribution in [0.1, 0.15) is 19.8 Å². The molecule has 5 heteroatoms. The molecule has 3 rings (SSSR count). The molecule has 3 nitrogen and oxygen atoms in total. The number of aromatic nitrogens is 1. The van der Waals surface area contributed by atoms with Crippen molar-refractivity contribution >= 4 is 56.1 Å². The van der Waals surface area contributed by atoms with Gasteiger partial charge in [-0.2, -0.15) is 0 Å². The van der Waals surface area contributed by atoms with E-state index in [1.165, 1.54) is 0 Å². The molecule has 0 aliphatic carbocycles. The van der Waals surface area contributed by atoms with Crippen molar-refractivity contribution in [3.8, 4) is 0 Å². The van der Waals surface area contributed by atoms with Crippen LogP contribution < -0.4 is 0 Å². The highest BCUT2D eigenvalue weighted by Gasteiger charge is 2.11. The fourth-order valence-corrected chi connectivity index (χ4v) is 3.55. The van der Waals surface area contributed by atoms with Crippen molar-refractivity contribution in [1.29, 1.82) is 0 Å². The highest BCUT2D eigenvalue weighted by molar-refractivity contribution is 8.13. The van der Waals surface area contributed by atoms with Crippen LogP contribution in [0.3, 0.4) is 0 Å². The lowest BCUT2D eigenvalue weighted by molar-refractivity contribution is 0.416. The zero-order valence-electron chi connectivity index (χ0n) is 13.8. The second-order valence-corrected chi connectivity index (χ2v) is 6.91. The number of aliphatic imine (C=N–C) groups is 1. The fourth-order valence-electron chi connectivity index (χ4n) is 2.49. The first kappa shape index (κ1) is 17.1. The number of fused-ring (bicyclic) bond motifs is 2. The first-order valence-corrected chi connectivity index (χ1v) is 9.32. The highest BCUT2D eigenvalue weighted by Crippen LogP contribution is 2.35. The second-order valence-electron chi connectivity index (χ2n) is 5.42. The van der Waals surface area contributed by atoms with E-state index in [1.54, 1.807) is 18.9 Å². The lowest BCUT2D eigenvalue weighted by Crippen LogP contribution is -1.97. The number of hydrogen-bond acceptors (Lipinski definition) is 4. The van der Waals surface area contributed by atoms with E-state index in [-0.39, 0.29) is 0 Å². The van der Waals surface area contributed by atoms with Crippen LogP contribution in [0.15, 0.2) is 47.5 Å². The molecule has 3 aromatic rings. The van der Waals surface area contributed by atoms with Crippen LogP contribution in [0, 0.1) is 0 Å². The normalized spacial score (nSPS) is 12.0. The summed E-state index contributed by atoms with van der Waals surface area (Å²) in [7, 11) is 1.66. The van der Waals surface area contributed by atoms with E-state index in [4.69, 9.17) is 26.3 Å². The largest absolute Gasteiger partial charge is 0.476 e. The van der Waals surface area contributed by atoms with Gasteiger partial charge in [-0.1, -0.05) is 54.9 Å². The van der Waals surface area contributed by atoms with Gasteiger partial charge in [0.2, 0.25) is 0 Å². The first-order valence-electron chi connectivity index (χ1n) is 7.96. The summed E-state index contributed by atoms with van der Waals surface area (Å²) in [4.78, 5) is 9.52. The summed E-state index contributed by atoms with van der Waals surface area (Å²) in [6, 6.07) is 13.7. The Kier molecular flexibility index (Phi) is 5.59. The number of ether oxygens (including phenoxy) is 1. The molecule has 0 aliphatic rings. The van der Waals surface area contributed by atoms with E-state index in [1.807, 2.05) is 42.5 Å². The first-order chi connectivity index (χ1) is 11.7. The van der Waals surface area contributed by atoms with Crippen molar-refractivity contribution in [2.24, 2.45) is 4.99 Å². The molecule has 0 unspecified atom stereocenters. The second kappa shape index (κ2) is 7.86. The Morgan fingerprint density at radius 1 is 1.17 bits per heavy atom. The van der Waals surface area contributed by atoms with Gasteiger partial charge in [0.15, 0.2) is 0 Å². The molecule has 0 spiro atoms. The number of benzene rings is 2. The minimum absolute atomic E-state index is 0.668. The van der Waals surface area contributed by atoms with Gasteiger partial charge < -0.3 is 4.74 Å². The van der Waals surface area contributed by atoms with Crippen molar-refractivity contribution in [2.75, 3.05) is 12.9 Å². The van der Waals surface area contributed by atoms with Crippen LogP contribution in [-0.2, 0) is 4.74 Å². The van der Waals surface area contributed by atoms with Crippen molar-refractivity contribution in [3.05, 3.63) is 47.5 Å². The van der Waals surface area contributed by atoms with E-state index in [0.717, 1.165) is 46.1 Å². The van der Waals surface area contributed by atoms with Crippen LogP contribution in [0.2, 0.25) is 5.02 Å². The van der Waals surface area contributed by atoms with Crippen LogP contribution in [0.4, 0.5) is 5.69 Å². The predicted octanol–water partition coefficient (Wildman–Crippen LogP) is 6.21. The maximum absolute atomic E-state index is 6.20. The summed E-state index contributed by atoms with van der Waals surface area (Å²) in [5.41, 5.74) is 2.66. The number of hydrogen-bond donors (Lipinski definition) is 0. The van der Waals surface area contributed by atoms with Gasteiger partial charge in [0.25, 0.3) is 5.23 Å². The smallest absolute Gasteiger partial charge is 0.250 e. The van der Waals surface area contributed by atoms with E-state index in [9.17, 15) is 0 Å². The number of methoxy groups -OCH3 is 1. The number of nitrogens with zero attached hydrogens (tertiary/aromatic N) is 2. The molecule has 0 atom stereocenters. The maximum Gasteiger partial charge on any atom is 0.250 e. The Morgan fingerprint density at radius 2 is 1.96 bits per heavy atom. The third-order valence-electron chi connectivity index (χ3n) is 3.71. The molecule has 0 saturated heterocycles. The Hall–Kier alpha value is -1.78. The van der Waals surface area contributed by atoms with Gasteiger partial charge in [0.05, 0.1) is 23.8 Å². The van der Waals surface area contributed by atoms with Crippen molar-refractivity contribution in [2.45, 2.75) is 19.8 Å². The number of thioether (sulfide) groups is 1. The van der Waals surface area contributed by atoms with Crippen molar-refractivity contribution in [3.63, 3.8) is 0 Å². The van der Waals surface area contributed by atoms with Crippen LogP contribution in [0.5, 0.6) is 0 Å². The zero-order valence-corrected chi connectivity index (χ0v) is 15.3. The molecule has 0 radical (unpaired) electrons. The number of unbranched alkanes of at least 4 members (excludes halogenated alkanes) is 1. The van der Waals surface area contributed by atoms with Gasteiger partial charge in [-0.15, -0.1) is 0 Å².